The molecule has 0 aliphatic heterocycles. The average Bonchev–Trinajstić information content (AvgIpc) is 3.56. The number of carbonyl (C=O) groups is 5. The van der Waals surface area contributed by atoms with Crippen LogP contribution >= 0.6 is 0 Å². The Labute approximate surface area is 324 Å². The van der Waals surface area contributed by atoms with E-state index in [1.54, 1.807) is 18.2 Å². The molecule has 0 aromatic rings. The van der Waals surface area contributed by atoms with Crippen LogP contribution in [0.3, 0.4) is 0 Å². The molecule has 0 aromatic heterocycles. The molecule has 8 aliphatic rings. The predicted molar refractivity (Wildman–Crippen MR) is 203 cm³/mol. The molecule has 6 fully saturated rings. The molecule has 55 heavy (non-hydrogen) atoms. The fourth-order valence-electron chi connectivity index (χ4n) is 14.6. The highest BCUT2D eigenvalue weighted by atomic mass is 16.5. The fourth-order valence-corrected chi connectivity index (χ4v) is 14.6. The summed E-state index contributed by atoms with van der Waals surface area (Å²) in [6.07, 6.45) is 17.2. The molecule has 6 saturated carbocycles. The van der Waals surface area contributed by atoms with Gasteiger partial charge in [0.15, 0.2) is 24.0 Å². The molecule has 14 atom stereocenters. The van der Waals surface area contributed by atoms with Crippen molar-refractivity contribution in [1.82, 2.24) is 0 Å². The number of Topliss-reactive ketones (excluding diaryl/α,β-unsaturated/α-hetero) is 2. The molecule has 0 aromatic carbocycles. The van der Waals surface area contributed by atoms with Crippen molar-refractivity contribution in [2.45, 2.75) is 123 Å². The summed E-state index contributed by atoms with van der Waals surface area (Å²) in [5.41, 5.74) is -2.39. The zero-order chi connectivity index (χ0) is 40.1. The number of rotatable bonds is 5. The van der Waals surface area contributed by atoms with Crippen LogP contribution in [0.15, 0.2) is 47.6 Å². The molecular formula is C45H60O10. The number of hydrogen-bond acceptors (Lipinski definition) is 10. The first-order valence-electron chi connectivity index (χ1n) is 20.5. The Kier molecular flexibility index (Phi) is 9.87. The molecule has 0 spiro atoms. The third-order valence-electron chi connectivity index (χ3n) is 17.1. The quantitative estimate of drug-likeness (QED) is 0.281. The molecular weight excluding hydrogens is 700 g/mol. The lowest BCUT2D eigenvalue weighted by molar-refractivity contribution is -0.178. The van der Waals surface area contributed by atoms with E-state index < -0.39 is 46.5 Å². The highest BCUT2D eigenvalue weighted by molar-refractivity contribution is 6.01. The zero-order valence-corrected chi connectivity index (χ0v) is 33.3. The highest BCUT2D eigenvalue weighted by Gasteiger charge is 2.69. The smallest absolute Gasteiger partial charge is 0.303 e. The molecule has 0 amide bonds. The third-order valence-corrected chi connectivity index (χ3v) is 17.1. The van der Waals surface area contributed by atoms with E-state index in [9.17, 15) is 44.4 Å². The molecule has 10 heteroatoms. The van der Waals surface area contributed by atoms with Gasteiger partial charge in [0.05, 0.1) is 6.10 Å². The van der Waals surface area contributed by atoms with Crippen LogP contribution in [0.25, 0.3) is 0 Å². The summed E-state index contributed by atoms with van der Waals surface area (Å²) in [4.78, 5) is 60.2. The van der Waals surface area contributed by atoms with Crippen molar-refractivity contribution < 1.29 is 49.1 Å². The van der Waals surface area contributed by atoms with Crippen LogP contribution in [0.4, 0.5) is 0 Å². The van der Waals surface area contributed by atoms with Crippen molar-refractivity contribution in [3.8, 4) is 0 Å². The van der Waals surface area contributed by atoms with Gasteiger partial charge in [0.1, 0.15) is 17.8 Å². The molecule has 0 heterocycles. The summed E-state index contributed by atoms with van der Waals surface area (Å²) >= 11 is 0. The summed E-state index contributed by atoms with van der Waals surface area (Å²) < 4.78 is 4.94. The Balaban J connectivity index is 0.000000170. The Morgan fingerprint density at radius 2 is 1.22 bits per heavy atom. The van der Waals surface area contributed by atoms with Crippen molar-refractivity contribution in [1.29, 1.82) is 0 Å². The Morgan fingerprint density at radius 1 is 0.745 bits per heavy atom. The summed E-state index contributed by atoms with van der Waals surface area (Å²) in [6, 6.07) is 0. The van der Waals surface area contributed by atoms with Gasteiger partial charge in [0.25, 0.3) is 0 Å². The van der Waals surface area contributed by atoms with Crippen molar-refractivity contribution >= 4 is 29.1 Å². The van der Waals surface area contributed by atoms with E-state index >= 15 is 0 Å². The molecule has 8 aliphatic carbocycles. The van der Waals surface area contributed by atoms with Crippen LogP contribution in [-0.4, -0.2) is 80.0 Å². The minimum Gasteiger partial charge on any atom is -0.458 e. The lowest BCUT2D eigenvalue weighted by Gasteiger charge is -2.60. The maximum absolute atomic E-state index is 12.9. The molecule has 0 radical (unpaired) electrons. The largest absolute Gasteiger partial charge is 0.458 e. The second kappa shape index (κ2) is 13.5. The first-order valence-corrected chi connectivity index (χ1v) is 20.5. The average molecular weight is 761 g/mol. The van der Waals surface area contributed by atoms with Gasteiger partial charge in [-0.15, -0.1) is 0 Å². The number of ether oxygens (including phenoxy) is 1. The van der Waals surface area contributed by atoms with Gasteiger partial charge in [-0.3, -0.25) is 24.0 Å². The number of fused-ring (bicyclic) bond motifs is 10. The number of carbonyl (C=O) groups excluding carboxylic acids is 5. The van der Waals surface area contributed by atoms with Crippen LogP contribution in [0.1, 0.15) is 106 Å². The molecule has 0 saturated heterocycles. The van der Waals surface area contributed by atoms with Crippen molar-refractivity contribution in [3.63, 3.8) is 0 Å². The zero-order valence-electron chi connectivity index (χ0n) is 33.3. The molecule has 10 nitrogen and oxygen atoms in total. The van der Waals surface area contributed by atoms with Gasteiger partial charge >= 0.3 is 5.97 Å². The highest BCUT2D eigenvalue weighted by Crippen LogP contribution is 2.69. The minimum absolute atomic E-state index is 0.00912. The number of allylic oxidation sites excluding steroid dienone is 8. The van der Waals surface area contributed by atoms with E-state index in [0.29, 0.717) is 37.0 Å². The fraction of sp³-hybridized carbons (Fsp3) is 0.711. The Hall–Kier alpha value is -3.05. The first-order chi connectivity index (χ1) is 25.7. The van der Waals surface area contributed by atoms with E-state index in [4.69, 9.17) is 4.74 Å². The first kappa shape index (κ1) is 40.2. The summed E-state index contributed by atoms with van der Waals surface area (Å²) in [6.45, 7) is 10.8. The van der Waals surface area contributed by atoms with E-state index in [1.165, 1.54) is 12.5 Å². The second-order valence-electron chi connectivity index (χ2n) is 19.4. The molecule has 8 rings (SSSR count). The van der Waals surface area contributed by atoms with E-state index in [0.717, 1.165) is 50.5 Å². The van der Waals surface area contributed by atoms with Crippen LogP contribution in [0, 0.1) is 63.1 Å². The van der Waals surface area contributed by atoms with Gasteiger partial charge in [-0.2, -0.15) is 0 Å². The Bertz CT molecular complexity index is 1810. The number of esters is 1. The molecule has 300 valence electrons. The van der Waals surface area contributed by atoms with Gasteiger partial charge in [-0.1, -0.05) is 57.9 Å². The predicted octanol–water partition coefficient (Wildman–Crippen LogP) is 4.96. The van der Waals surface area contributed by atoms with Crippen LogP contribution in [0.5, 0.6) is 0 Å². The van der Waals surface area contributed by atoms with Gasteiger partial charge in [0.2, 0.25) is 5.78 Å². The lowest BCUT2D eigenvalue weighted by Crippen LogP contribution is -2.61. The van der Waals surface area contributed by atoms with Gasteiger partial charge in [-0.05, 0) is 124 Å². The molecule has 0 bridgehead atoms. The Morgan fingerprint density at radius 3 is 1.73 bits per heavy atom. The number of ketones is 4. The van der Waals surface area contributed by atoms with E-state index in [-0.39, 0.29) is 58.5 Å². The third kappa shape index (κ3) is 5.73. The maximum Gasteiger partial charge on any atom is 0.303 e. The normalized spacial score (nSPS) is 47.7. The van der Waals surface area contributed by atoms with Crippen molar-refractivity contribution in [3.05, 3.63) is 47.6 Å². The van der Waals surface area contributed by atoms with Crippen molar-refractivity contribution in [2.75, 3.05) is 13.2 Å². The van der Waals surface area contributed by atoms with E-state index in [2.05, 4.69) is 33.8 Å². The molecule has 4 N–H and O–H groups in total. The number of aliphatic hydroxyl groups is 4. The lowest BCUT2D eigenvalue weighted by atomic mass is 9.44. The summed E-state index contributed by atoms with van der Waals surface area (Å²) in [5, 5.41) is 43.2. The van der Waals surface area contributed by atoms with Crippen LogP contribution in [0.2, 0.25) is 0 Å². The number of hydrogen-bond donors (Lipinski definition) is 4. The summed E-state index contributed by atoms with van der Waals surface area (Å²) in [7, 11) is 0. The van der Waals surface area contributed by atoms with Crippen molar-refractivity contribution in [2.24, 2.45) is 63.1 Å². The maximum atomic E-state index is 12.9. The van der Waals surface area contributed by atoms with Gasteiger partial charge < -0.3 is 25.2 Å². The topological polar surface area (TPSA) is 176 Å². The SMILES string of the molecule is CC(=O)OCC(=O)[C@@]1(O)CCC2C3CCC4=CC(=O)C=C[C@]4(C)C3[C@@H](C)C[C@@]21C.C[C@]12C=CC(=O)C=C1CCC1C2[C@@H](O)C[C@@]2(C)C1CC[C@]2(O)C(=O)CO. The van der Waals surface area contributed by atoms with Gasteiger partial charge in [0, 0.05) is 34.5 Å². The standard InChI is InChI=1S/C24H32O5.C21H28O5/c1-14-12-23(4)19(8-10-24(23,28)20(27)13-29-15(2)25)18-6-5-16-11-17(26)7-9-22(16,3)21(14)18;1-19-7-5-13(23)9-12(19)3-4-14-15-6-8-21(26,17(25)11-22)20(15,2)10-16(24)18(14)19/h7,9,11,14,18-19,21,28H,5-6,8,10,12-13H2,1-4H3;5,7,9,14-16,18,22,24,26H,3-4,6,8,10-11H2,1-2H3/t14-,18?,19?,21?,22-,23-,24-;14?,15?,16-,18?,19-,20-,21-/m00/s1. The van der Waals surface area contributed by atoms with Crippen LogP contribution < -0.4 is 0 Å². The van der Waals surface area contributed by atoms with Gasteiger partial charge in [-0.25, -0.2) is 0 Å². The molecule has 6 unspecified atom stereocenters. The number of aliphatic hydroxyl groups excluding tert-OH is 2. The summed E-state index contributed by atoms with van der Waals surface area (Å²) in [5.74, 6) is 0.338. The minimum atomic E-state index is -1.56. The van der Waals surface area contributed by atoms with E-state index in [1.807, 2.05) is 19.1 Å². The second-order valence-corrected chi connectivity index (χ2v) is 19.4. The monoisotopic (exact) mass is 760 g/mol. The van der Waals surface area contributed by atoms with Crippen LogP contribution in [-0.2, 0) is 28.7 Å².